The van der Waals surface area contributed by atoms with Crippen molar-refractivity contribution in [1.82, 2.24) is 4.90 Å². The number of halogens is 1. The smallest absolute Gasteiger partial charge is 0.419 e. The first kappa shape index (κ1) is 23.5. The molecule has 0 heterocycles. The number of hydrogen-bond donors (Lipinski definition) is 0. The lowest BCUT2D eigenvalue weighted by atomic mass is 10.1. The third-order valence-electron chi connectivity index (χ3n) is 3.40. The molecule has 0 saturated carbocycles. The molecule has 0 bridgehead atoms. The summed E-state index contributed by atoms with van der Waals surface area (Å²) in [7, 11) is 1.62. The maximum atomic E-state index is 12.5. The van der Waals surface area contributed by atoms with Gasteiger partial charge in [0.05, 0.1) is 7.11 Å². The molecule has 0 aliphatic heterocycles. The standard InChI is InChI=1S/C20H30INO5/c1-13-11-15(21)14(12-16(13)25-8)9-10-22(17(23)26-19(2,3)4)18(24)27-20(5,6)7/h11-12H,9-10H2,1-8H3. The molecule has 1 aromatic carbocycles. The maximum absolute atomic E-state index is 12.5. The first-order valence-corrected chi connectivity index (χ1v) is 9.88. The molecule has 0 aromatic heterocycles. The van der Waals surface area contributed by atoms with Crippen LogP contribution in [0.15, 0.2) is 12.1 Å². The number of imide groups is 1. The van der Waals surface area contributed by atoms with Crippen molar-refractivity contribution in [2.75, 3.05) is 13.7 Å². The van der Waals surface area contributed by atoms with Crippen molar-refractivity contribution < 1.29 is 23.8 Å². The van der Waals surface area contributed by atoms with Crippen molar-refractivity contribution in [1.29, 1.82) is 0 Å². The number of benzene rings is 1. The first-order chi connectivity index (χ1) is 12.2. The Morgan fingerprint density at radius 2 is 1.48 bits per heavy atom. The van der Waals surface area contributed by atoms with E-state index in [0.29, 0.717) is 6.42 Å². The third-order valence-corrected chi connectivity index (χ3v) is 4.40. The van der Waals surface area contributed by atoms with Crippen molar-refractivity contribution in [3.63, 3.8) is 0 Å². The third kappa shape index (κ3) is 7.94. The van der Waals surface area contributed by atoms with E-state index in [1.807, 2.05) is 19.1 Å². The highest BCUT2D eigenvalue weighted by Gasteiger charge is 2.31. The van der Waals surface area contributed by atoms with Gasteiger partial charge in [0.15, 0.2) is 0 Å². The summed E-state index contributed by atoms with van der Waals surface area (Å²) in [5, 5.41) is 0. The average molecular weight is 491 g/mol. The lowest BCUT2D eigenvalue weighted by Crippen LogP contribution is -2.44. The molecule has 0 fully saturated rings. The molecule has 0 radical (unpaired) electrons. The minimum Gasteiger partial charge on any atom is -0.496 e. The summed E-state index contributed by atoms with van der Waals surface area (Å²) in [6, 6.07) is 3.94. The second kappa shape index (κ2) is 9.12. The zero-order valence-electron chi connectivity index (χ0n) is 17.4. The number of amides is 2. The Hall–Kier alpha value is -1.51. The van der Waals surface area contributed by atoms with Crippen LogP contribution >= 0.6 is 22.6 Å². The molecule has 27 heavy (non-hydrogen) atoms. The predicted molar refractivity (Wildman–Crippen MR) is 113 cm³/mol. The fraction of sp³-hybridized carbons (Fsp3) is 0.600. The van der Waals surface area contributed by atoms with E-state index in [9.17, 15) is 9.59 Å². The quantitative estimate of drug-likeness (QED) is 0.534. The molecule has 0 aliphatic rings. The van der Waals surface area contributed by atoms with Crippen molar-refractivity contribution >= 4 is 34.8 Å². The van der Waals surface area contributed by atoms with Crippen LogP contribution in [0.4, 0.5) is 9.59 Å². The number of methoxy groups -OCH3 is 1. The van der Waals surface area contributed by atoms with Crippen LogP contribution in [-0.4, -0.2) is 41.9 Å². The van der Waals surface area contributed by atoms with Crippen LogP contribution in [-0.2, 0) is 15.9 Å². The zero-order valence-corrected chi connectivity index (χ0v) is 19.6. The zero-order chi connectivity index (χ0) is 21.0. The molecular weight excluding hydrogens is 461 g/mol. The Morgan fingerprint density at radius 1 is 1.00 bits per heavy atom. The molecule has 1 rings (SSSR count). The summed E-state index contributed by atoms with van der Waals surface area (Å²) in [6.07, 6.45) is -0.968. The van der Waals surface area contributed by atoms with E-state index in [0.717, 1.165) is 25.3 Å². The van der Waals surface area contributed by atoms with Gasteiger partial charge in [-0.25, -0.2) is 14.5 Å². The topological polar surface area (TPSA) is 65.1 Å². The van der Waals surface area contributed by atoms with Crippen LogP contribution in [0.5, 0.6) is 5.75 Å². The SMILES string of the molecule is COc1cc(CCN(C(=O)OC(C)(C)C)C(=O)OC(C)(C)C)c(I)cc1C. The van der Waals surface area contributed by atoms with E-state index in [1.165, 1.54) is 0 Å². The first-order valence-electron chi connectivity index (χ1n) is 8.80. The number of aryl methyl sites for hydroxylation is 1. The second-order valence-corrected chi connectivity index (χ2v) is 9.44. The average Bonchev–Trinajstić information content (AvgIpc) is 2.45. The Bertz CT molecular complexity index is 661. The van der Waals surface area contributed by atoms with E-state index in [2.05, 4.69) is 22.6 Å². The fourth-order valence-electron chi connectivity index (χ4n) is 2.23. The normalized spacial score (nSPS) is 11.7. The van der Waals surface area contributed by atoms with E-state index < -0.39 is 23.4 Å². The van der Waals surface area contributed by atoms with Crippen LogP contribution < -0.4 is 4.74 Å². The molecule has 0 N–H and O–H groups in total. The molecule has 0 atom stereocenters. The molecule has 1 aromatic rings. The van der Waals surface area contributed by atoms with Gasteiger partial charge in [0.1, 0.15) is 17.0 Å². The maximum Gasteiger partial charge on any atom is 0.419 e. The lowest BCUT2D eigenvalue weighted by molar-refractivity contribution is 0.00171. The molecule has 6 nitrogen and oxygen atoms in total. The summed E-state index contributed by atoms with van der Waals surface area (Å²) >= 11 is 2.24. The van der Waals surface area contributed by atoms with Gasteiger partial charge < -0.3 is 14.2 Å². The largest absolute Gasteiger partial charge is 0.496 e. The van der Waals surface area contributed by atoms with Gasteiger partial charge in [-0.3, -0.25) is 0 Å². The number of nitrogens with zero attached hydrogens (tertiary/aromatic N) is 1. The van der Waals surface area contributed by atoms with Gasteiger partial charge in [-0.2, -0.15) is 0 Å². The van der Waals surface area contributed by atoms with E-state index in [1.54, 1.807) is 48.7 Å². The van der Waals surface area contributed by atoms with Crippen LogP contribution in [0.25, 0.3) is 0 Å². The Morgan fingerprint density at radius 3 is 1.89 bits per heavy atom. The minimum absolute atomic E-state index is 0.145. The summed E-state index contributed by atoms with van der Waals surface area (Å²) < 4.78 is 17.2. The van der Waals surface area contributed by atoms with Crippen LogP contribution in [0.3, 0.4) is 0 Å². The number of carbonyl (C=O) groups excluding carboxylic acids is 2. The monoisotopic (exact) mass is 491 g/mol. The molecule has 152 valence electrons. The second-order valence-electron chi connectivity index (χ2n) is 8.28. The van der Waals surface area contributed by atoms with Gasteiger partial charge in [0.25, 0.3) is 0 Å². The molecule has 7 heteroatoms. The molecular formula is C20H30INO5. The number of carbonyl (C=O) groups is 2. The molecule has 2 amide bonds. The van der Waals surface area contributed by atoms with Gasteiger partial charge in [0.2, 0.25) is 0 Å². The van der Waals surface area contributed by atoms with E-state index in [4.69, 9.17) is 14.2 Å². The van der Waals surface area contributed by atoms with E-state index >= 15 is 0 Å². The van der Waals surface area contributed by atoms with Crippen LogP contribution in [0, 0.1) is 10.5 Å². The van der Waals surface area contributed by atoms with Crippen molar-refractivity contribution in [3.8, 4) is 5.75 Å². The van der Waals surface area contributed by atoms with Crippen molar-refractivity contribution in [2.45, 2.75) is 66.1 Å². The van der Waals surface area contributed by atoms with Gasteiger partial charge in [-0.15, -0.1) is 0 Å². The Balaban J connectivity index is 3.04. The van der Waals surface area contributed by atoms with Gasteiger partial charge in [-0.05, 0) is 101 Å². The summed E-state index contributed by atoms with van der Waals surface area (Å²) in [4.78, 5) is 26.1. The fourth-order valence-corrected chi connectivity index (χ4v) is 3.12. The number of ether oxygens (including phenoxy) is 3. The molecule has 0 unspecified atom stereocenters. The summed E-state index contributed by atoms with van der Waals surface area (Å²) in [5.41, 5.74) is 0.592. The lowest BCUT2D eigenvalue weighted by Gasteiger charge is -2.28. The molecule has 0 aliphatic carbocycles. The van der Waals surface area contributed by atoms with Crippen LogP contribution in [0.1, 0.15) is 52.7 Å². The molecule has 0 spiro atoms. The van der Waals surface area contributed by atoms with Crippen molar-refractivity contribution in [2.24, 2.45) is 0 Å². The highest BCUT2D eigenvalue weighted by atomic mass is 127. The predicted octanol–water partition coefficient (Wildman–Crippen LogP) is 5.32. The number of rotatable bonds is 4. The number of hydrogen-bond acceptors (Lipinski definition) is 5. The Labute approximate surface area is 175 Å². The van der Waals surface area contributed by atoms with Crippen molar-refractivity contribution in [3.05, 3.63) is 26.8 Å². The highest BCUT2D eigenvalue weighted by Crippen LogP contribution is 2.25. The van der Waals surface area contributed by atoms with E-state index in [-0.39, 0.29) is 6.54 Å². The van der Waals surface area contributed by atoms with Gasteiger partial charge >= 0.3 is 12.2 Å². The van der Waals surface area contributed by atoms with Gasteiger partial charge in [0, 0.05) is 10.1 Å². The minimum atomic E-state index is -0.717. The molecule has 0 saturated heterocycles. The highest BCUT2D eigenvalue weighted by molar-refractivity contribution is 14.1. The summed E-state index contributed by atoms with van der Waals surface area (Å²) in [5.74, 6) is 0.770. The summed E-state index contributed by atoms with van der Waals surface area (Å²) in [6.45, 7) is 12.7. The van der Waals surface area contributed by atoms with Crippen LogP contribution in [0.2, 0.25) is 0 Å². The van der Waals surface area contributed by atoms with Gasteiger partial charge in [-0.1, -0.05) is 0 Å². The Kier molecular flexibility index (Phi) is 7.95.